The molecule has 0 aromatic carbocycles. The van der Waals surface area contributed by atoms with Crippen LogP contribution in [0.2, 0.25) is 0 Å². The van der Waals surface area contributed by atoms with Crippen LogP contribution in [0.3, 0.4) is 0 Å². The zero-order chi connectivity index (χ0) is 4.50. The van der Waals surface area contributed by atoms with Gasteiger partial charge in [-0.2, -0.15) is 0 Å². The number of hydrogen-bond donors (Lipinski definition) is 0. The molecule has 5 nitrogen and oxygen atoms in total. The average Bonchev–Trinajstić information content (AvgIpc) is 0.722. The van der Waals surface area contributed by atoms with Gasteiger partial charge >= 0.3 is 40.1 Å². The summed E-state index contributed by atoms with van der Waals surface area (Å²) in [5.74, 6) is 0. The van der Waals surface area contributed by atoms with E-state index in [1.807, 2.05) is 0 Å². The standard InChI is InChI=1S/Cu.Mg.H2O4S.O/c;;1-5(2,3)4;/h;;(H2,1,2,3,4);/q2*+2;;-2/p-2. The Morgan fingerprint density at radius 3 is 1.12 bits per heavy atom. The third-order valence-electron chi connectivity index (χ3n) is 0. The molecular formula is CuMgO5S. The minimum absolute atomic E-state index is 0. The molecule has 49 valence electrons. The van der Waals surface area contributed by atoms with E-state index in [4.69, 9.17) is 17.5 Å². The molecule has 0 saturated carbocycles. The summed E-state index contributed by atoms with van der Waals surface area (Å²) in [5.41, 5.74) is 0. The average molecular weight is 200 g/mol. The Balaban J connectivity index is -0.0000000267. The molecule has 0 aromatic rings. The van der Waals surface area contributed by atoms with Gasteiger partial charge in [0.1, 0.15) is 0 Å². The van der Waals surface area contributed by atoms with Crippen LogP contribution in [0.4, 0.5) is 0 Å². The summed E-state index contributed by atoms with van der Waals surface area (Å²) in [7, 11) is -5.17. The molecule has 0 heterocycles. The quantitative estimate of drug-likeness (QED) is 0.260. The molecule has 0 amide bonds. The Morgan fingerprint density at radius 2 is 1.12 bits per heavy atom. The van der Waals surface area contributed by atoms with Gasteiger partial charge in [-0.3, -0.25) is 8.42 Å². The Morgan fingerprint density at radius 1 is 1.12 bits per heavy atom. The molecule has 0 aliphatic heterocycles. The van der Waals surface area contributed by atoms with Gasteiger partial charge in [-0.15, -0.1) is 0 Å². The summed E-state index contributed by atoms with van der Waals surface area (Å²) in [6.45, 7) is 0. The Labute approximate surface area is 73.4 Å². The summed E-state index contributed by atoms with van der Waals surface area (Å²) in [6, 6.07) is 0. The maximum atomic E-state index is 8.52. The molecule has 1 radical (unpaired) electrons. The zero-order valence-corrected chi connectivity index (χ0v) is 6.63. The van der Waals surface area contributed by atoms with Crippen molar-refractivity contribution in [2.24, 2.45) is 0 Å². The summed E-state index contributed by atoms with van der Waals surface area (Å²) in [6.07, 6.45) is 0. The van der Waals surface area contributed by atoms with E-state index >= 15 is 0 Å². The molecule has 8 heavy (non-hydrogen) atoms. The fourth-order valence-electron chi connectivity index (χ4n) is 0. The van der Waals surface area contributed by atoms with E-state index in [9.17, 15) is 0 Å². The van der Waals surface area contributed by atoms with Crippen molar-refractivity contribution in [2.75, 3.05) is 0 Å². The van der Waals surface area contributed by atoms with Crippen molar-refractivity contribution in [3.05, 3.63) is 0 Å². The molecule has 0 atom stereocenters. The summed E-state index contributed by atoms with van der Waals surface area (Å²) in [4.78, 5) is 0. The monoisotopic (exact) mass is 199 g/mol. The molecule has 0 unspecified atom stereocenters. The van der Waals surface area contributed by atoms with Crippen molar-refractivity contribution >= 4 is 33.5 Å². The van der Waals surface area contributed by atoms with Gasteiger partial charge in [-0.05, 0) is 0 Å². The molecule has 0 saturated heterocycles. The van der Waals surface area contributed by atoms with Crippen LogP contribution in [0.15, 0.2) is 0 Å². The zero-order valence-electron chi connectivity index (χ0n) is 3.46. The number of rotatable bonds is 0. The van der Waals surface area contributed by atoms with Crippen molar-refractivity contribution in [3.63, 3.8) is 0 Å². The van der Waals surface area contributed by atoms with E-state index in [0.717, 1.165) is 0 Å². The van der Waals surface area contributed by atoms with Gasteiger partial charge in [0, 0.05) is 10.4 Å². The summed E-state index contributed by atoms with van der Waals surface area (Å²) < 4.78 is 34.1. The van der Waals surface area contributed by atoms with Crippen LogP contribution in [-0.4, -0.2) is 40.6 Å². The van der Waals surface area contributed by atoms with Gasteiger partial charge < -0.3 is 14.6 Å². The summed E-state index contributed by atoms with van der Waals surface area (Å²) in [5, 5.41) is 0. The largest absolute Gasteiger partial charge is 2.00 e. The van der Waals surface area contributed by atoms with E-state index < -0.39 is 10.4 Å². The van der Waals surface area contributed by atoms with E-state index in [1.165, 1.54) is 0 Å². The van der Waals surface area contributed by atoms with Crippen molar-refractivity contribution in [3.8, 4) is 0 Å². The maximum Gasteiger partial charge on any atom is 2.00 e. The van der Waals surface area contributed by atoms with Gasteiger partial charge in [-0.25, -0.2) is 0 Å². The minimum Gasteiger partial charge on any atom is -2.00 e. The molecule has 0 N–H and O–H groups in total. The van der Waals surface area contributed by atoms with E-state index in [-0.39, 0.29) is 45.6 Å². The molecule has 0 aliphatic rings. The summed E-state index contributed by atoms with van der Waals surface area (Å²) >= 11 is 0. The van der Waals surface area contributed by atoms with Crippen LogP contribution in [0.1, 0.15) is 0 Å². The fraction of sp³-hybridized carbons (Fsp3) is 0. The third-order valence-corrected chi connectivity index (χ3v) is 0. The third kappa shape index (κ3) is 214. The molecule has 0 bridgehead atoms. The normalized spacial score (nSPS) is 7.25. The fourth-order valence-corrected chi connectivity index (χ4v) is 0. The second-order valence-electron chi connectivity index (χ2n) is 0.408. The van der Waals surface area contributed by atoms with E-state index in [0.29, 0.717) is 0 Å². The van der Waals surface area contributed by atoms with E-state index in [1.54, 1.807) is 0 Å². The first-order valence-corrected chi connectivity index (χ1v) is 2.00. The topological polar surface area (TPSA) is 109 Å². The smallest absolute Gasteiger partial charge is 2.00 e. The van der Waals surface area contributed by atoms with Gasteiger partial charge in [-0.1, -0.05) is 0 Å². The van der Waals surface area contributed by atoms with Crippen molar-refractivity contribution in [1.29, 1.82) is 0 Å². The van der Waals surface area contributed by atoms with Crippen LogP contribution in [0.25, 0.3) is 0 Å². The number of hydrogen-bond acceptors (Lipinski definition) is 4. The van der Waals surface area contributed by atoms with Gasteiger partial charge in [0.05, 0.1) is 0 Å². The SMILES string of the molecule is O=S(=O)([O-])[O-].[Cu+2].[Mg+2].[O-2]. The van der Waals surface area contributed by atoms with Crippen LogP contribution in [-0.2, 0) is 32.9 Å². The molecule has 0 aromatic heterocycles. The second kappa shape index (κ2) is 8.12. The molecule has 0 spiro atoms. The van der Waals surface area contributed by atoms with Gasteiger partial charge in [0.2, 0.25) is 0 Å². The van der Waals surface area contributed by atoms with Crippen LogP contribution < -0.4 is 0 Å². The Kier molecular flexibility index (Phi) is 23.3. The van der Waals surface area contributed by atoms with Crippen LogP contribution in [0.5, 0.6) is 0 Å². The van der Waals surface area contributed by atoms with Crippen LogP contribution in [0, 0.1) is 0 Å². The molecular weight excluding hydrogens is 200 g/mol. The van der Waals surface area contributed by atoms with Gasteiger partial charge in [0.15, 0.2) is 0 Å². The first-order valence-electron chi connectivity index (χ1n) is 0.667. The minimum atomic E-state index is -5.17. The molecule has 8 heteroatoms. The Hall–Kier alpha value is 1.12. The predicted molar refractivity (Wildman–Crippen MR) is 16.9 cm³/mol. The van der Waals surface area contributed by atoms with Crippen molar-refractivity contribution in [2.45, 2.75) is 0 Å². The maximum absolute atomic E-state index is 8.52. The molecule has 0 aliphatic carbocycles. The van der Waals surface area contributed by atoms with Crippen LogP contribution >= 0.6 is 0 Å². The Bertz CT molecular complexity index is 95.6. The van der Waals surface area contributed by atoms with Gasteiger partial charge in [0.25, 0.3) is 0 Å². The molecule has 0 fully saturated rings. The van der Waals surface area contributed by atoms with Crippen molar-refractivity contribution < 1.29 is 40.1 Å². The second-order valence-corrected chi connectivity index (χ2v) is 1.22. The molecule has 0 rings (SSSR count). The predicted octanol–water partition coefficient (Wildman–Crippen LogP) is -1.84. The first-order chi connectivity index (χ1) is 2.00. The van der Waals surface area contributed by atoms with E-state index in [2.05, 4.69) is 0 Å². The van der Waals surface area contributed by atoms with Crippen molar-refractivity contribution in [1.82, 2.24) is 0 Å². The first kappa shape index (κ1) is 22.9.